The van der Waals surface area contributed by atoms with E-state index in [1.807, 2.05) is 27.7 Å². The predicted octanol–water partition coefficient (Wildman–Crippen LogP) is 2.17. The van der Waals surface area contributed by atoms with Crippen molar-refractivity contribution in [3.05, 3.63) is 0 Å². The largest absolute Gasteiger partial charge is 0.294 e. The molecular weight excluding hydrogens is 186 g/mol. The molecule has 0 aromatic rings. The number of hydrogen-bond donors (Lipinski definition) is 1. The lowest BCUT2D eigenvalue weighted by molar-refractivity contribution is 0.0543. The molecule has 0 radical (unpaired) electrons. The molecule has 0 aromatic heterocycles. The van der Waals surface area contributed by atoms with Gasteiger partial charge in [-0.15, -0.1) is 0 Å². The lowest BCUT2D eigenvalue weighted by atomic mass is 9.83. The van der Waals surface area contributed by atoms with Crippen molar-refractivity contribution in [2.45, 2.75) is 58.0 Å². The Balaban J connectivity index is 2.98. The molecule has 1 aliphatic heterocycles. The van der Waals surface area contributed by atoms with Crippen molar-refractivity contribution in [1.82, 2.24) is 4.31 Å². The van der Waals surface area contributed by atoms with E-state index in [-0.39, 0.29) is 11.1 Å². The molecule has 78 valence electrons. The van der Waals surface area contributed by atoms with Gasteiger partial charge in [0.25, 0.3) is 0 Å². The minimum absolute atomic E-state index is 0.165. The van der Waals surface area contributed by atoms with Crippen LogP contribution in [0.1, 0.15) is 47.0 Å². The van der Waals surface area contributed by atoms with Crippen LogP contribution in [0.15, 0.2) is 0 Å². The number of hydrogen-bond acceptors (Lipinski definition) is 1. The quantitative estimate of drug-likeness (QED) is 0.666. The summed E-state index contributed by atoms with van der Waals surface area (Å²) in [5.74, 6) is 0. The van der Waals surface area contributed by atoms with Gasteiger partial charge in [0.1, 0.15) is 0 Å². The van der Waals surface area contributed by atoms with Crippen LogP contribution in [0.3, 0.4) is 0 Å². The Kier molecular flexibility index (Phi) is 2.86. The van der Waals surface area contributed by atoms with Gasteiger partial charge in [0, 0.05) is 11.1 Å². The summed E-state index contributed by atoms with van der Waals surface area (Å²) in [5.41, 5.74) is -0.331. The number of rotatable bonds is 1. The summed E-state index contributed by atoms with van der Waals surface area (Å²) in [5, 5.41) is 0. The van der Waals surface area contributed by atoms with Crippen molar-refractivity contribution in [3.63, 3.8) is 0 Å². The van der Waals surface area contributed by atoms with E-state index < -0.39 is 11.3 Å². The molecule has 0 spiro atoms. The van der Waals surface area contributed by atoms with Crippen LogP contribution in [0.4, 0.5) is 0 Å². The summed E-state index contributed by atoms with van der Waals surface area (Å²) in [6.07, 6.45) is 3.11. The van der Waals surface area contributed by atoms with Crippen LogP contribution in [0.2, 0.25) is 0 Å². The number of piperidine rings is 1. The molecule has 1 aliphatic rings. The molecule has 13 heavy (non-hydrogen) atoms. The fraction of sp³-hybridized carbons (Fsp3) is 1.00. The average molecular weight is 205 g/mol. The molecule has 0 aliphatic carbocycles. The Bertz CT molecular complexity index is 210. The highest BCUT2D eigenvalue weighted by atomic mass is 32.2. The minimum atomic E-state index is -1.86. The summed E-state index contributed by atoms with van der Waals surface area (Å²) < 4.78 is 22.2. The average Bonchev–Trinajstić information content (AvgIpc) is 1.79. The van der Waals surface area contributed by atoms with Crippen molar-refractivity contribution in [1.29, 1.82) is 0 Å². The first-order chi connectivity index (χ1) is 5.77. The molecule has 1 fully saturated rings. The van der Waals surface area contributed by atoms with Crippen molar-refractivity contribution in [3.8, 4) is 0 Å². The van der Waals surface area contributed by atoms with Crippen LogP contribution in [-0.4, -0.2) is 24.1 Å². The molecule has 0 bridgehead atoms. The third kappa shape index (κ3) is 2.11. The molecule has 1 rings (SSSR count). The van der Waals surface area contributed by atoms with Gasteiger partial charge in [0.2, 0.25) is 11.3 Å². The van der Waals surface area contributed by atoms with Crippen LogP contribution in [-0.2, 0) is 11.3 Å². The highest BCUT2D eigenvalue weighted by Gasteiger charge is 2.44. The zero-order valence-corrected chi connectivity index (χ0v) is 9.65. The minimum Gasteiger partial charge on any atom is -0.294 e. The van der Waals surface area contributed by atoms with Gasteiger partial charge in [0.05, 0.1) is 0 Å². The molecule has 1 N–H and O–H groups in total. The molecule has 1 unspecified atom stereocenters. The molecule has 1 saturated heterocycles. The van der Waals surface area contributed by atoms with Crippen LogP contribution in [0.25, 0.3) is 0 Å². The van der Waals surface area contributed by atoms with E-state index in [0.29, 0.717) is 0 Å². The maximum Gasteiger partial charge on any atom is 0.235 e. The van der Waals surface area contributed by atoms with E-state index in [0.717, 1.165) is 19.3 Å². The monoisotopic (exact) mass is 205 g/mol. The van der Waals surface area contributed by atoms with Gasteiger partial charge in [-0.2, -0.15) is 4.31 Å². The maximum absolute atomic E-state index is 11.2. The van der Waals surface area contributed by atoms with Gasteiger partial charge in [-0.05, 0) is 47.0 Å². The fourth-order valence-corrected chi connectivity index (χ4v) is 3.43. The van der Waals surface area contributed by atoms with Gasteiger partial charge in [0.15, 0.2) is 0 Å². The maximum atomic E-state index is 11.2. The van der Waals surface area contributed by atoms with Gasteiger partial charge < -0.3 is 0 Å². The van der Waals surface area contributed by atoms with Gasteiger partial charge in [-0.1, -0.05) is 0 Å². The molecule has 3 nitrogen and oxygen atoms in total. The van der Waals surface area contributed by atoms with E-state index in [2.05, 4.69) is 0 Å². The second kappa shape index (κ2) is 3.33. The summed E-state index contributed by atoms with van der Waals surface area (Å²) in [6, 6.07) is 0. The van der Waals surface area contributed by atoms with Crippen molar-refractivity contribution >= 4 is 11.3 Å². The lowest BCUT2D eigenvalue weighted by Gasteiger charge is -2.49. The third-order valence-corrected chi connectivity index (χ3v) is 4.13. The Labute approximate surface area is 82.9 Å². The van der Waals surface area contributed by atoms with Crippen molar-refractivity contribution in [2.75, 3.05) is 0 Å². The van der Waals surface area contributed by atoms with Crippen LogP contribution in [0.5, 0.6) is 0 Å². The predicted molar refractivity (Wildman–Crippen MR) is 54.6 cm³/mol. The van der Waals surface area contributed by atoms with Crippen molar-refractivity contribution < 1.29 is 8.76 Å². The second-order valence-corrected chi connectivity index (χ2v) is 5.83. The molecule has 1 atom stereocenters. The Morgan fingerprint density at radius 3 is 1.77 bits per heavy atom. The van der Waals surface area contributed by atoms with E-state index in [9.17, 15) is 8.76 Å². The van der Waals surface area contributed by atoms with E-state index in [1.165, 1.54) is 0 Å². The molecule has 0 amide bonds. The number of nitrogens with zero attached hydrogens (tertiary/aromatic N) is 1. The summed E-state index contributed by atoms with van der Waals surface area (Å²) in [6.45, 7) is 8.12. The van der Waals surface area contributed by atoms with Gasteiger partial charge in [-0.25, -0.2) is 4.21 Å². The van der Waals surface area contributed by atoms with Crippen LogP contribution in [0, 0.1) is 0 Å². The first-order valence-electron chi connectivity index (χ1n) is 4.69. The second-order valence-electron chi connectivity index (χ2n) is 5.00. The van der Waals surface area contributed by atoms with Crippen LogP contribution < -0.4 is 0 Å². The highest BCUT2D eigenvalue weighted by molar-refractivity contribution is 7.76. The topological polar surface area (TPSA) is 40.5 Å². The molecule has 1 heterocycles. The van der Waals surface area contributed by atoms with E-state index in [4.69, 9.17) is 0 Å². The molecule has 0 aromatic carbocycles. The Morgan fingerprint density at radius 1 is 1.15 bits per heavy atom. The summed E-state index contributed by atoms with van der Waals surface area (Å²) in [4.78, 5) is 0. The van der Waals surface area contributed by atoms with E-state index >= 15 is 0 Å². The lowest BCUT2D eigenvalue weighted by Crippen LogP contribution is -2.58. The molecule has 4 heteroatoms. The van der Waals surface area contributed by atoms with Gasteiger partial charge >= 0.3 is 0 Å². The third-order valence-electron chi connectivity index (χ3n) is 2.83. The van der Waals surface area contributed by atoms with Gasteiger partial charge in [-0.3, -0.25) is 4.55 Å². The SMILES string of the molecule is CC1(C)CCCC(C)(C)N1S(=O)O. The Morgan fingerprint density at radius 2 is 1.54 bits per heavy atom. The van der Waals surface area contributed by atoms with Crippen molar-refractivity contribution in [2.24, 2.45) is 0 Å². The first-order valence-corrected chi connectivity index (χ1v) is 5.75. The zero-order chi connectivity index (χ0) is 10.3. The Hall–Kier alpha value is 0.0700. The summed E-state index contributed by atoms with van der Waals surface area (Å²) in [7, 11) is 0. The highest BCUT2D eigenvalue weighted by Crippen LogP contribution is 2.38. The summed E-state index contributed by atoms with van der Waals surface area (Å²) >= 11 is -1.86. The molecular formula is C9H19NO2S. The zero-order valence-electron chi connectivity index (χ0n) is 8.83. The van der Waals surface area contributed by atoms with Crippen LogP contribution >= 0.6 is 0 Å². The standard InChI is InChI=1S/C9H19NO2S/c1-8(2)6-5-7-9(3,4)10(8)13(11)12/h5-7H2,1-4H3,(H,11,12). The fourth-order valence-electron chi connectivity index (χ4n) is 2.40. The molecule has 0 saturated carbocycles. The van der Waals surface area contributed by atoms with E-state index in [1.54, 1.807) is 4.31 Å². The smallest absolute Gasteiger partial charge is 0.235 e. The first kappa shape index (κ1) is 11.1. The normalized spacial score (nSPS) is 29.9.